The normalized spacial score (nSPS) is 18.9. The van der Waals surface area contributed by atoms with Gasteiger partial charge in [-0.1, -0.05) is 104 Å². The molecule has 6 rings (SSSR count). The lowest BCUT2D eigenvalue weighted by Crippen LogP contribution is -2.62. The van der Waals surface area contributed by atoms with E-state index >= 15 is 8.78 Å². The van der Waals surface area contributed by atoms with Crippen LogP contribution in [-0.4, -0.2) is 70.5 Å². The largest absolute Gasteiger partial charge is 0.444 e. The van der Waals surface area contributed by atoms with Gasteiger partial charge in [0, 0.05) is 24.0 Å². The van der Waals surface area contributed by atoms with Crippen LogP contribution in [0.3, 0.4) is 0 Å². The van der Waals surface area contributed by atoms with E-state index in [1.807, 2.05) is 50.8 Å². The molecule has 294 valence electrons. The maximum absolute atomic E-state index is 17.5. The zero-order chi connectivity index (χ0) is 40.1. The highest BCUT2D eigenvalue weighted by atomic mass is 32.2. The van der Waals surface area contributed by atoms with Crippen molar-refractivity contribution in [2.75, 3.05) is 23.7 Å². The number of nitrogens with zero attached hydrogens (tertiary/aromatic N) is 5. The summed E-state index contributed by atoms with van der Waals surface area (Å²) in [5.41, 5.74) is 5.98. The van der Waals surface area contributed by atoms with Gasteiger partial charge in [-0.2, -0.15) is 0 Å². The van der Waals surface area contributed by atoms with E-state index in [1.165, 1.54) is 17.8 Å². The van der Waals surface area contributed by atoms with Crippen LogP contribution in [0.25, 0.3) is 32.9 Å². The number of hydrogen-bond acceptors (Lipinski definition) is 7. The van der Waals surface area contributed by atoms with Crippen LogP contribution in [0.5, 0.6) is 0 Å². The molecule has 0 radical (unpaired) electrons. The van der Waals surface area contributed by atoms with Crippen LogP contribution >= 0.6 is 11.8 Å². The van der Waals surface area contributed by atoms with Gasteiger partial charge in [-0.3, -0.25) is 0 Å². The van der Waals surface area contributed by atoms with Crippen molar-refractivity contribution < 1.29 is 18.3 Å². The third-order valence-corrected chi connectivity index (χ3v) is 18.8. The van der Waals surface area contributed by atoms with Crippen LogP contribution in [0.2, 0.25) is 16.6 Å². The summed E-state index contributed by atoms with van der Waals surface area (Å²) in [4.78, 5) is 32.8. The first kappa shape index (κ1) is 40.9. The van der Waals surface area contributed by atoms with Crippen molar-refractivity contribution in [2.45, 2.75) is 135 Å². The number of ether oxygens (including phenoxy) is 1. The molecule has 1 fully saturated rings. The lowest BCUT2D eigenvalue weighted by molar-refractivity contribution is 0.00798. The third-order valence-electron chi connectivity index (χ3n) is 11.8. The number of halogens is 2. The molecule has 7 nitrogen and oxygen atoms in total. The predicted octanol–water partition coefficient (Wildman–Crippen LogP) is 11.2. The number of thioether (sulfide) groups is 1. The van der Waals surface area contributed by atoms with Gasteiger partial charge in [-0.15, -0.1) is 5.54 Å². The summed E-state index contributed by atoms with van der Waals surface area (Å²) in [6.07, 6.45) is 0.905. The average molecular weight is 786 g/mol. The molecule has 55 heavy (non-hydrogen) atoms. The van der Waals surface area contributed by atoms with E-state index in [0.717, 1.165) is 11.8 Å². The first-order valence-corrected chi connectivity index (χ1v) is 23.2. The fourth-order valence-electron chi connectivity index (χ4n) is 9.19. The Hall–Kier alpha value is -3.75. The number of carbonyl (C=O) groups excluding carboxylic acids is 1. The van der Waals surface area contributed by atoms with Gasteiger partial charge >= 0.3 is 6.09 Å². The number of benzene rings is 2. The minimum Gasteiger partial charge on any atom is -0.444 e. The van der Waals surface area contributed by atoms with E-state index in [1.54, 1.807) is 6.07 Å². The SMILES string of the molecule is CCSc1nc2c3c(nc(-c4cccc5ccc(F)c(C#C[Si](C(C)C)(C(C)C)C(C)C)c45)c(F)c3n1)C[C@H](C)[C@H]1CN(C(=O)OC(C)(C)C)[C@H](CC)CN21. The van der Waals surface area contributed by atoms with E-state index in [2.05, 4.69) is 71.8 Å². The first-order chi connectivity index (χ1) is 25.9. The Labute approximate surface area is 331 Å². The number of aromatic nitrogens is 3. The van der Waals surface area contributed by atoms with Crippen molar-refractivity contribution in [1.82, 2.24) is 19.9 Å². The summed E-state index contributed by atoms with van der Waals surface area (Å²) in [5, 5.41) is 2.41. The minimum absolute atomic E-state index is 0.0146. The van der Waals surface area contributed by atoms with Crippen LogP contribution in [0.1, 0.15) is 101 Å². The van der Waals surface area contributed by atoms with E-state index in [9.17, 15) is 4.79 Å². The van der Waals surface area contributed by atoms with Gasteiger partial charge in [-0.05, 0) is 73.4 Å². The Kier molecular flexibility index (Phi) is 11.6. The van der Waals surface area contributed by atoms with Crippen LogP contribution in [-0.2, 0) is 11.2 Å². The Balaban J connectivity index is 1.58. The second kappa shape index (κ2) is 15.6. The molecule has 3 atom stereocenters. The van der Waals surface area contributed by atoms with Gasteiger partial charge in [-0.25, -0.2) is 28.5 Å². The molecule has 0 aliphatic carbocycles. The molecule has 0 bridgehead atoms. The van der Waals surface area contributed by atoms with Crippen LogP contribution < -0.4 is 4.90 Å². The van der Waals surface area contributed by atoms with Gasteiger partial charge in [0.05, 0.1) is 28.7 Å². The monoisotopic (exact) mass is 785 g/mol. The summed E-state index contributed by atoms with van der Waals surface area (Å²) in [6, 6.07) is 8.58. The smallest absolute Gasteiger partial charge is 0.410 e. The Bertz CT molecular complexity index is 2150. The zero-order valence-electron chi connectivity index (χ0n) is 34.6. The number of amides is 1. The lowest BCUT2D eigenvalue weighted by Gasteiger charge is -2.48. The Morgan fingerprint density at radius 2 is 1.67 bits per heavy atom. The number of rotatable bonds is 7. The van der Waals surface area contributed by atoms with Crippen molar-refractivity contribution in [1.29, 1.82) is 0 Å². The van der Waals surface area contributed by atoms with Gasteiger partial charge in [0.25, 0.3) is 0 Å². The van der Waals surface area contributed by atoms with Crippen LogP contribution in [0.4, 0.5) is 19.4 Å². The third kappa shape index (κ3) is 7.46. The van der Waals surface area contributed by atoms with Gasteiger partial charge in [0.2, 0.25) is 0 Å². The maximum atomic E-state index is 17.5. The molecule has 4 aromatic rings. The molecule has 11 heteroatoms. The molecular weight excluding hydrogens is 729 g/mol. The molecule has 2 aliphatic heterocycles. The summed E-state index contributed by atoms with van der Waals surface area (Å²) < 4.78 is 39.5. The summed E-state index contributed by atoms with van der Waals surface area (Å²) in [7, 11) is -2.23. The fraction of sp³-hybridized carbons (Fsp3) is 0.545. The van der Waals surface area contributed by atoms with Crippen molar-refractivity contribution in [2.24, 2.45) is 5.92 Å². The quantitative estimate of drug-likeness (QED) is 0.0799. The van der Waals surface area contributed by atoms with Crippen LogP contribution in [0.15, 0.2) is 35.5 Å². The predicted molar refractivity (Wildman–Crippen MR) is 226 cm³/mol. The molecule has 4 heterocycles. The van der Waals surface area contributed by atoms with Crippen LogP contribution in [0, 0.1) is 29.0 Å². The Morgan fingerprint density at radius 3 is 2.29 bits per heavy atom. The maximum Gasteiger partial charge on any atom is 0.410 e. The molecule has 1 amide bonds. The number of carbonyl (C=O) groups is 1. The van der Waals surface area contributed by atoms with Crippen molar-refractivity contribution in [3.8, 4) is 22.7 Å². The van der Waals surface area contributed by atoms with E-state index < -0.39 is 25.3 Å². The second-order valence-corrected chi connectivity index (χ2v) is 24.1. The Morgan fingerprint density at radius 1 is 0.982 bits per heavy atom. The molecular formula is C44H57F2N5O2SSi. The number of anilines is 1. The number of piperazine rings is 1. The van der Waals surface area contributed by atoms with Gasteiger partial charge in [0.1, 0.15) is 36.5 Å². The molecule has 2 aliphatic rings. The molecule has 0 unspecified atom stereocenters. The second-order valence-electron chi connectivity index (χ2n) is 17.3. The molecule has 1 saturated heterocycles. The van der Waals surface area contributed by atoms with Gasteiger partial charge < -0.3 is 14.5 Å². The highest BCUT2D eigenvalue weighted by molar-refractivity contribution is 7.99. The van der Waals surface area contributed by atoms with E-state index in [0.29, 0.717) is 74.9 Å². The standard InChI is InChI=1S/C44H57F2N5O2SSi/c1-13-30-23-51-35(24-50(30)43(52)53-44(10,11)12)28(9)22-34-37-40(48-42(54-14-2)49-41(37)51)38(46)39(47-34)32-17-15-16-29-18-19-33(45)31(36(29)32)20-21-55(25(3)4,26(5)6)27(7)8/h15-19,25-28,30,35H,13-14,22-24H2,1-12H3/t28-,30+,35+/m0/s1. The topological polar surface area (TPSA) is 71.5 Å². The summed E-state index contributed by atoms with van der Waals surface area (Å²) >= 11 is 1.46. The summed E-state index contributed by atoms with van der Waals surface area (Å²) in [6.45, 7) is 26.3. The zero-order valence-corrected chi connectivity index (χ0v) is 36.4. The van der Waals surface area contributed by atoms with E-state index in [4.69, 9.17) is 19.7 Å². The molecule has 0 N–H and O–H groups in total. The van der Waals surface area contributed by atoms with Crippen molar-refractivity contribution in [3.63, 3.8) is 0 Å². The van der Waals surface area contributed by atoms with E-state index in [-0.39, 0.29) is 40.9 Å². The van der Waals surface area contributed by atoms with Crippen molar-refractivity contribution >= 4 is 53.4 Å². The molecule has 0 saturated carbocycles. The number of fused-ring (bicyclic) bond motifs is 3. The van der Waals surface area contributed by atoms with Crippen molar-refractivity contribution in [3.05, 3.63) is 53.2 Å². The highest BCUT2D eigenvalue weighted by Gasteiger charge is 2.44. The number of pyridine rings is 1. The average Bonchev–Trinajstić information content (AvgIpc) is 3.22. The fourth-order valence-corrected chi connectivity index (χ4v) is 15.0. The first-order valence-electron chi connectivity index (χ1n) is 20.0. The minimum atomic E-state index is -2.23. The number of hydrogen-bond donors (Lipinski definition) is 0. The lowest BCUT2D eigenvalue weighted by atomic mass is 9.92. The molecule has 2 aromatic heterocycles. The molecule has 2 aromatic carbocycles. The molecule has 0 spiro atoms. The van der Waals surface area contributed by atoms with Gasteiger partial charge in [0.15, 0.2) is 11.0 Å². The summed E-state index contributed by atoms with van der Waals surface area (Å²) in [5.74, 6) is 3.77. The highest BCUT2D eigenvalue weighted by Crippen LogP contribution is 2.44.